The molecular formula is C20H19N3O3S2. The van der Waals surface area contributed by atoms with Gasteiger partial charge in [0.05, 0.1) is 17.9 Å². The molecule has 0 saturated heterocycles. The Hall–Kier alpha value is -2.71. The first-order valence-corrected chi connectivity index (χ1v) is 10.5. The Morgan fingerprint density at radius 3 is 2.79 bits per heavy atom. The average Bonchev–Trinajstić information content (AvgIpc) is 3.26. The molecule has 3 heterocycles. The molecule has 1 aliphatic rings. The van der Waals surface area contributed by atoms with Crippen molar-refractivity contribution in [3.63, 3.8) is 0 Å². The number of benzene rings is 1. The number of rotatable bonds is 3. The Morgan fingerprint density at radius 2 is 2.07 bits per heavy atom. The average molecular weight is 414 g/mol. The zero-order valence-corrected chi connectivity index (χ0v) is 17.3. The van der Waals surface area contributed by atoms with Crippen molar-refractivity contribution in [2.45, 2.75) is 26.9 Å². The zero-order chi connectivity index (χ0) is 19.8. The highest BCUT2D eigenvalue weighted by molar-refractivity contribution is 7.14. The fraction of sp³-hybridized carbons (Fsp3) is 0.250. The SMILES string of the molecule is CC(=O)N1C[C@H](C(=O)Nc2nc(-c3cc(C)sc3C)cs2)Oc2ccccc21. The summed E-state index contributed by atoms with van der Waals surface area (Å²) in [4.78, 5) is 33.3. The number of nitrogens with zero attached hydrogens (tertiary/aromatic N) is 2. The predicted molar refractivity (Wildman–Crippen MR) is 112 cm³/mol. The Morgan fingerprint density at radius 1 is 1.29 bits per heavy atom. The molecule has 6 nitrogen and oxygen atoms in total. The maximum Gasteiger partial charge on any atom is 0.269 e. The van der Waals surface area contributed by atoms with Crippen LogP contribution in [0.5, 0.6) is 5.75 Å². The number of nitrogens with one attached hydrogen (secondary N) is 1. The Kier molecular flexibility index (Phi) is 4.91. The maximum atomic E-state index is 12.8. The van der Waals surface area contributed by atoms with Crippen molar-refractivity contribution >= 4 is 45.3 Å². The molecule has 0 unspecified atom stereocenters. The van der Waals surface area contributed by atoms with E-state index in [-0.39, 0.29) is 18.4 Å². The largest absolute Gasteiger partial charge is 0.476 e. The number of hydrogen-bond donors (Lipinski definition) is 1. The second-order valence-corrected chi connectivity index (χ2v) is 8.88. The summed E-state index contributed by atoms with van der Waals surface area (Å²) in [6.07, 6.45) is -0.795. The minimum Gasteiger partial charge on any atom is -0.476 e. The van der Waals surface area contributed by atoms with E-state index in [1.54, 1.807) is 22.3 Å². The molecule has 1 N–H and O–H groups in total. The van der Waals surface area contributed by atoms with Gasteiger partial charge in [-0.15, -0.1) is 22.7 Å². The second kappa shape index (κ2) is 7.37. The number of aryl methyl sites for hydroxylation is 2. The van der Waals surface area contributed by atoms with Crippen molar-refractivity contribution in [1.29, 1.82) is 0 Å². The number of carbonyl (C=O) groups is 2. The molecule has 1 aromatic carbocycles. The second-order valence-electron chi connectivity index (χ2n) is 6.56. The highest BCUT2D eigenvalue weighted by atomic mass is 32.1. The van der Waals surface area contributed by atoms with E-state index in [0.29, 0.717) is 16.6 Å². The maximum absolute atomic E-state index is 12.8. The van der Waals surface area contributed by atoms with Crippen molar-refractivity contribution in [2.24, 2.45) is 0 Å². The van der Waals surface area contributed by atoms with Crippen LogP contribution in [0, 0.1) is 13.8 Å². The van der Waals surface area contributed by atoms with Crippen LogP contribution in [0.3, 0.4) is 0 Å². The molecule has 0 saturated carbocycles. The Bertz CT molecular complexity index is 1060. The number of amides is 2. The molecule has 0 aliphatic carbocycles. The van der Waals surface area contributed by atoms with E-state index in [4.69, 9.17) is 4.74 Å². The third kappa shape index (κ3) is 3.53. The molecule has 8 heteroatoms. The van der Waals surface area contributed by atoms with Gasteiger partial charge >= 0.3 is 0 Å². The lowest BCUT2D eigenvalue weighted by molar-refractivity contribution is -0.123. The number of thiophene rings is 1. The van der Waals surface area contributed by atoms with E-state index >= 15 is 0 Å². The van der Waals surface area contributed by atoms with Gasteiger partial charge in [-0.2, -0.15) is 0 Å². The highest BCUT2D eigenvalue weighted by Crippen LogP contribution is 2.34. The molecule has 1 aliphatic heterocycles. The molecular weight excluding hydrogens is 394 g/mol. The van der Waals surface area contributed by atoms with Crippen LogP contribution in [-0.4, -0.2) is 29.4 Å². The van der Waals surface area contributed by atoms with Gasteiger partial charge < -0.3 is 9.64 Å². The molecule has 4 rings (SSSR count). The first-order valence-electron chi connectivity index (χ1n) is 8.80. The van der Waals surface area contributed by atoms with Crippen LogP contribution in [0.25, 0.3) is 11.3 Å². The van der Waals surface area contributed by atoms with Crippen LogP contribution in [-0.2, 0) is 9.59 Å². The Balaban J connectivity index is 1.52. The van der Waals surface area contributed by atoms with E-state index in [9.17, 15) is 9.59 Å². The predicted octanol–water partition coefficient (Wildman–Crippen LogP) is 4.24. The van der Waals surface area contributed by atoms with E-state index in [0.717, 1.165) is 11.3 Å². The molecule has 2 amide bonds. The van der Waals surface area contributed by atoms with Gasteiger partial charge in [-0.05, 0) is 32.0 Å². The summed E-state index contributed by atoms with van der Waals surface area (Å²) in [5.74, 6) is 0.0709. The topological polar surface area (TPSA) is 71.5 Å². The smallest absolute Gasteiger partial charge is 0.269 e. The van der Waals surface area contributed by atoms with Crippen molar-refractivity contribution in [2.75, 3.05) is 16.8 Å². The summed E-state index contributed by atoms with van der Waals surface area (Å²) in [6.45, 7) is 5.78. The molecule has 3 aromatic rings. The molecule has 0 bridgehead atoms. The van der Waals surface area contributed by atoms with Crippen molar-refractivity contribution in [3.8, 4) is 17.0 Å². The monoisotopic (exact) mass is 413 g/mol. The third-order valence-corrected chi connectivity index (χ3v) is 6.22. The lowest BCUT2D eigenvalue weighted by atomic mass is 10.2. The zero-order valence-electron chi connectivity index (χ0n) is 15.7. The van der Waals surface area contributed by atoms with Crippen molar-refractivity contribution < 1.29 is 14.3 Å². The molecule has 144 valence electrons. The number of para-hydroxylation sites is 2. The quantitative estimate of drug-likeness (QED) is 0.697. The molecule has 0 radical (unpaired) electrons. The Labute approximate surface area is 170 Å². The van der Waals surface area contributed by atoms with Gasteiger partial charge in [-0.1, -0.05) is 12.1 Å². The summed E-state index contributed by atoms with van der Waals surface area (Å²) in [5.41, 5.74) is 2.62. The number of carbonyl (C=O) groups excluding carboxylic acids is 2. The van der Waals surface area contributed by atoms with Gasteiger partial charge in [-0.25, -0.2) is 4.98 Å². The fourth-order valence-electron chi connectivity index (χ4n) is 3.19. The van der Waals surface area contributed by atoms with Gasteiger partial charge in [0.25, 0.3) is 5.91 Å². The summed E-state index contributed by atoms with van der Waals surface area (Å²) in [6, 6.07) is 9.32. The van der Waals surface area contributed by atoms with E-state index in [2.05, 4.69) is 30.2 Å². The summed E-state index contributed by atoms with van der Waals surface area (Å²) >= 11 is 3.10. The van der Waals surface area contributed by atoms with Crippen LogP contribution in [0.15, 0.2) is 35.7 Å². The first-order chi connectivity index (χ1) is 13.4. The van der Waals surface area contributed by atoms with Crippen LogP contribution in [0.1, 0.15) is 16.7 Å². The summed E-state index contributed by atoms with van der Waals surface area (Å²) < 4.78 is 5.83. The number of aromatic nitrogens is 1. The minimum atomic E-state index is -0.795. The molecule has 2 aromatic heterocycles. The highest BCUT2D eigenvalue weighted by Gasteiger charge is 2.32. The standard InChI is InChI=1S/C20H19N3O3S2/c1-11-8-14(12(2)28-11)15-10-27-20(21-15)22-19(25)18-9-23(13(3)24)16-6-4-5-7-17(16)26-18/h4-8,10,18H,9H2,1-3H3,(H,21,22,25)/t18-/m1/s1. The minimum absolute atomic E-state index is 0.131. The molecule has 0 spiro atoms. The van der Waals surface area contributed by atoms with Crippen molar-refractivity contribution in [3.05, 3.63) is 45.5 Å². The van der Waals surface area contributed by atoms with E-state index in [1.165, 1.54) is 28.0 Å². The van der Waals surface area contributed by atoms with Crippen LogP contribution >= 0.6 is 22.7 Å². The van der Waals surface area contributed by atoms with Gasteiger partial charge in [0.15, 0.2) is 11.2 Å². The molecule has 0 fully saturated rings. The number of thiazole rings is 1. The van der Waals surface area contributed by atoms with E-state index in [1.807, 2.05) is 23.6 Å². The molecule has 28 heavy (non-hydrogen) atoms. The van der Waals surface area contributed by atoms with Gasteiger partial charge in [0.1, 0.15) is 5.75 Å². The third-order valence-electron chi connectivity index (χ3n) is 4.50. The molecule has 1 atom stereocenters. The van der Waals surface area contributed by atoms with E-state index < -0.39 is 6.10 Å². The summed E-state index contributed by atoms with van der Waals surface area (Å²) in [7, 11) is 0. The normalized spacial score (nSPS) is 15.7. The fourth-order valence-corrected chi connectivity index (χ4v) is 4.84. The number of ether oxygens (including phenoxy) is 1. The lowest BCUT2D eigenvalue weighted by Gasteiger charge is -2.33. The lowest BCUT2D eigenvalue weighted by Crippen LogP contribution is -2.48. The number of fused-ring (bicyclic) bond motifs is 1. The van der Waals surface area contributed by atoms with Crippen LogP contribution in [0.2, 0.25) is 0 Å². The number of hydrogen-bond acceptors (Lipinski definition) is 6. The van der Waals surface area contributed by atoms with Crippen LogP contribution < -0.4 is 15.0 Å². The van der Waals surface area contributed by atoms with Gasteiger partial charge in [0, 0.05) is 27.6 Å². The first kappa shape index (κ1) is 18.6. The van der Waals surface area contributed by atoms with Crippen LogP contribution in [0.4, 0.5) is 10.8 Å². The number of anilines is 2. The van der Waals surface area contributed by atoms with Gasteiger partial charge in [0.2, 0.25) is 5.91 Å². The summed E-state index contributed by atoms with van der Waals surface area (Å²) in [5, 5.41) is 5.27. The van der Waals surface area contributed by atoms with Crippen molar-refractivity contribution in [1.82, 2.24) is 4.98 Å². The van der Waals surface area contributed by atoms with Gasteiger partial charge in [-0.3, -0.25) is 14.9 Å².